The summed E-state index contributed by atoms with van der Waals surface area (Å²) >= 11 is 1.33. The topological polar surface area (TPSA) is 51.8 Å². The molecule has 2 aromatic rings. The molecule has 0 bridgehead atoms. The smallest absolute Gasteiger partial charge is 0.197 e. The van der Waals surface area contributed by atoms with Crippen molar-refractivity contribution in [1.82, 2.24) is 14.6 Å². The van der Waals surface area contributed by atoms with Crippen LogP contribution in [-0.4, -0.2) is 14.6 Å². The zero-order valence-corrected chi connectivity index (χ0v) is 9.13. The van der Waals surface area contributed by atoms with Crippen molar-refractivity contribution in [3.05, 3.63) is 17.8 Å². The number of nitrogens with zero attached hydrogens (tertiary/aromatic N) is 3. The minimum Gasteiger partial charge on any atom is -0.439 e. The Hall–Kier alpha value is -1.23. The van der Waals surface area contributed by atoms with Crippen molar-refractivity contribution in [2.24, 2.45) is 0 Å². The molecular weight excluding hydrogens is 198 g/mol. The molecule has 0 N–H and O–H groups in total. The molecule has 0 fully saturated rings. The van der Waals surface area contributed by atoms with Gasteiger partial charge in [-0.1, -0.05) is 18.3 Å². The van der Waals surface area contributed by atoms with Crippen LogP contribution in [0, 0.1) is 6.92 Å². The first-order valence-electron chi connectivity index (χ1n) is 4.43. The van der Waals surface area contributed by atoms with E-state index in [1.807, 2.05) is 20.8 Å². The third-order valence-electron chi connectivity index (χ3n) is 1.89. The molecule has 0 saturated heterocycles. The number of aryl methyl sites for hydroxylation is 1. The van der Waals surface area contributed by atoms with Crippen LogP contribution in [0.15, 0.2) is 10.6 Å². The number of hydrogen-bond donors (Lipinski definition) is 0. The normalized spacial score (nSPS) is 11.1. The van der Waals surface area contributed by atoms with E-state index >= 15 is 0 Å². The molecule has 2 aromatic heterocycles. The second-order valence-corrected chi connectivity index (χ2v) is 4.16. The molecular formula is C9H11N3OS. The number of hydrogen-bond acceptors (Lipinski definition) is 5. The Morgan fingerprint density at radius 2 is 2.21 bits per heavy atom. The Kier molecular flexibility index (Phi) is 2.33. The molecule has 5 heteroatoms. The lowest BCUT2D eigenvalue weighted by Crippen LogP contribution is -1.84. The average molecular weight is 209 g/mol. The predicted molar refractivity (Wildman–Crippen MR) is 54.2 cm³/mol. The van der Waals surface area contributed by atoms with Crippen LogP contribution in [-0.2, 0) is 0 Å². The van der Waals surface area contributed by atoms with E-state index in [9.17, 15) is 0 Å². The monoisotopic (exact) mass is 209 g/mol. The fourth-order valence-corrected chi connectivity index (χ4v) is 1.72. The van der Waals surface area contributed by atoms with Crippen molar-refractivity contribution in [3.63, 3.8) is 0 Å². The molecule has 0 unspecified atom stereocenters. The van der Waals surface area contributed by atoms with Gasteiger partial charge in [-0.05, 0) is 18.5 Å². The molecule has 0 aliphatic rings. The largest absolute Gasteiger partial charge is 0.439 e. The maximum Gasteiger partial charge on any atom is 0.197 e. The van der Waals surface area contributed by atoms with E-state index < -0.39 is 0 Å². The van der Waals surface area contributed by atoms with E-state index in [-0.39, 0.29) is 0 Å². The Labute approximate surface area is 86.2 Å². The molecule has 0 spiro atoms. The molecule has 0 aliphatic heterocycles. The molecule has 0 amide bonds. The highest BCUT2D eigenvalue weighted by Crippen LogP contribution is 2.27. The average Bonchev–Trinajstić information content (AvgIpc) is 2.71. The number of rotatable bonds is 2. The van der Waals surface area contributed by atoms with Crippen molar-refractivity contribution >= 4 is 11.5 Å². The van der Waals surface area contributed by atoms with Gasteiger partial charge in [0.15, 0.2) is 11.7 Å². The SMILES string of the molecule is Cc1nnsc1-c1cnc(C(C)C)o1. The Bertz CT molecular complexity index is 433. The first kappa shape index (κ1) is 9.33. The van der Waals surface area contributed by atoms with Gasteiger partial charge in [-0.15, -0.1) is 5.10 Å². The lowest BCUT2D eigenvalue weighted by atomic mass is 10.2. The molecule has 0 atom stereocenters. The highest BCUT2D eigenvalue weighted by atomic mass is 32.1. The van der Waals surface area contributed by atoms with Crippen molar-refractivity contribution in [3.8, 4) is 10.6 Å². The van der Waals surface area contributed by atoms with Gasteiger partial charge in [-0.3, -0.25) is 0 Å². The fourth-order valence-electron chi connectivity index (χ4n) is 1.12. The Balaban J connectivity index is 2.39. The predicted octanol–water partition coefficient (Wildman–Crippen LogP) is 2.62. The quantitative estimate of drug-likeness (QED) is 0.763. The van der Waals surface area contributed by atoms with E-state index in [0.717, 1.165) is 22.2 Å². The summed E-state index contributed by atoms with van der Waals surface area (Å²) in [6, 6.07) is 0. The molecule has 4 nitrogen and oxygen atoms in total. The minimum atomic E-state index is 0.310. The zero-order valence-electron chi connectivity index (χ0n) is 8.31. The first-order valence-corrected chi connectivity index (χ1v) is 5.21. The second-order valence-electron chi connectivity index (χ2n) is 3.40. The van der Waals surface area contributed by atoms with E-state index in [2.05, 4.69) is 14.6 Å². The molecule has 2 rings (SSSR count). The summed E-state index contributed by atoms with van der Waals surface area (Å²) in [6.45, 7) is 6.01. The van der Waals surface area contributed by atoms with Crippen LogP contribution in [0.25, 0.3) is 10.6 Å². The van der Waals surface area contributed by atoms with Gasteiger partial charge in [0.1, 0.15) is 4.88 Å². The standard InChI is InChI=1S/C9H11N3OS/c1-5(2)9-10-4-7(13-9)8-6(3)11-12-14-8/h4-5H,1-3H3. The summed E-state index contributed by atoms with van der Waals surface area (Å²) in [4.78, 5) is 5.16. The van der Waals surface area contributed by atoms with Crippen LogP contribution in [0.3, 0.4) is 0 Å². The van der Waals surface area contributed by atoms with Crippen LogP contribution in [0.4, 0.5) is 0 Å². The van der Waals surface area contributed by atoms with Gasteiger partial charge in [0, 0.05) is 5.92 Å². The lowest BCUT2D eigenvalue weighted by molar-refractivity contribution is 0.482. The molecule has 0 aromatic carbocycles. The molecule has 74 valence electrons. The minimum absolute atomic E-state index is 0.310. The van der Waals surface area contributed by atoms with Gasteiger partial charge in [-0.25, -0.2) is 4.98 Å². The summed E-state index contributed by atoms with van der Waals surface area (Å²) in [5.74, 6) is 1.83. The van der Waals surface area contributed by atoms with Gasteiger partial charge >= 0.3 is 0 Å². The molecule has 0 radical (unpaired) electrons. The van der Waals surface area contributed by atoms with Crippen molar-refractivity contribution in [1.29, 1.82) is 0 Å². The molecule has 14 heavy (non-hydrogen) atoms. The van der Waals surface area contributed by atoms with Crippen LogP contribution in [0.2, 0.25) is 0 Å². The van der Waals surface area contributed by atoms with E-state index in [0.29, 0.717) is 5.92 Å². The maximum atomic E-state index is 5.59. The third kappa shape index (κ3) is 1.55. The van der Waals surface area contributed by atoms with Crippen molar-refractivity contribution < 1.29 is 4.42 Å². The highest BCUT2D eigenvalue weighted by Gasteiger charge is 2.13. The van der Waals surface area contributed by atoms with Gasteiger partial charge in [0.25, 0.3) is 0 Å². The summed E-state index contributed by atoms with van der Waals surface area (Å²) in [6.07, 6.45) is 1.73. The Morgan fingerprint density at radius 3 is 2.71 bits per heavy atom. The maximum absolute atomic E-state index is 5.59. The summed E-state index contributed by atoms with van der Waals surface area (Å²) in [7, 11) is 0. The molecule has 0 saturated carbocycles. The van der Waals surface area contributed by atoms with Gasteiger partial charge in [-0.2, -0.15) is 0 Å². The van der Waals surface area contributed by atoms with Gasteiger partial charge in [0.05, 0.1) is 11.9 Å². The van der Waals surface area contributed by atoms with Gasteiger partial charge in [0.2, 0.25) is 0 Å². The third-order valence-corrected chi connectivity index (χ3v) is 2.74. The van der Waals surface area contributed by atoms with E-state index in [4.69, 9.17) is 4.42 Å². The van der Waals surface area contributed by atoms with Crippen LogP contribution < -0.4 is 0 Å². The number of aromatic nitrogens is 3. The van der Waals surface area contributed by atoms with Gasteiger partial charge < -0.3 is 4.42 Å². The fraction of sp³-hybridized carbons (Fsp3) is 0.444. The number of oxazole rings is 1. The van der Waals surface area contributed by atoms with Crippen molar-refractivity contribution in [2.75, 3.05) is 0 Å². The van der Waals surface area contributed by atoms with Crippen LogP contribution >= 0.6 is 11.5 Å². The van der Waals surface area contributed by atoms with E-state index in [1.165, 1.54) is 11.5 Å². The van der Waals surface area contributed by atoms with E-state index in [1.54, 1.807) is 6.20 Å². The van der Waals surface area contributed by atoms with Crippen LogP contribution in [0.1, 0.15) is 31.4 Å². The summed E-state index contributed by atoms with van der Waals surface area (Å²) < 4.78 is 9.45. The highest BCUT2D eigenvalue weighted by molar-refractivity contribution is 7.09. The first-order chi connectivity index (χ1) is 6.68. The Morgan fingerprint density at radius 1 is 1.43 bits per heavy atom. The summed E-state index contributed by atoms with van der Waals surface area (Å²) in [5, 5.41) is 3.93. The summed E-state index contributed by atoms with van der Waals surface area (Å²) in [5.41, 5.74) is 0.890. The second kappa shape index (κ2) is 3.49. The zero-order chi connectivity index (χ0) is 10.1. The molecule has 2 heterocycles. The van der Waals surface area contributed by atoms with Crippen molar-refractivity contribution in [2.45, 2.75) is 26.7 Å². The van der Waals surface area contributed by atoms with Crippen LogP contribution in [0.5, 0.6) is 0 Å². The lowest BCUT2D eigenvalue weighted by Gasteiger charge is -1.95. The molecule has 0 aliphatic carbocycles.